The molecule has 0 saturated carbocycles. The van der Waals surface area contributed by atoms with Crippen molar-refractivity contribution in [3.8, 4) is 5.75 Å². The second kappa shape index (κ2) is 6.79. The van der Waals surface area contributed by atoms with E-state index in [0.717, 1.165) is 11.3 Å². The second-order valence-corrected chi connectivity index (χ2v) is 4.85. The standard InChI is InChI=1S/C17H20N2O2/c1-12-7-6-9-14(13(12)2)18-11-17(20)19-15-8-4-5-10-16(15)21-3/h4-10,18H,11H2,1-3H3,(H,19,20). The average Bonchev–Trinajstić information content (AvgIpc) is 2.49. The Balaban J connectivity index is 1.98. The minimum atomic E-state index is -0.111. The van der Waals surface area contributed by atoms with Crippen LogP contribution in [-0.2, 0) is 4.79 Å². The molecule has 0 fully saturated rings. The third-order valence-corrected chi connectivity index (χ3v) is 3.43. The Morgan fingerprint density at radius 1 is 1.05 bits per heavy atom. The predicted molar refractivity (Wildman–Crippen MR) is 86.0 cm³/mol. The van der Waals surface area contributed by atoms with Gasteiger partial charge in [-0.05, 0) is 43.2 Å². The summed E-state index contributed by atoms with van der Waals surface area (Å²) in [5.41, 5.74) is 4.01. The number of amides is 1. The third-order valence-electron chi connectivity index (χ3n) is 3.43. The topological polar surface area (TPSA) is 50.4 Å². The van der Waals surface area contributed by atoms with Gasteiger partial charge in [0.1, 0.15) is 5.75 Å². The first kappa shape index (κ1) is 14.9. The van der Waals surface area contributed by atoms with Gasteiger partial charge in [0, 0.05) is 5.69 Å². The lowest BCUT2D eigenvalue weighted by atomic mass is 10.1. The van der Waals surface area contributed by atoms with Gasteiger partial charge in [0.05, 0.1) is 19.3 Å². The van der Waals surface area contributed by atoms with Gasteiger partial charge in [-0.25, -0.2) is 0 Å². The Morgan fingerprint density at radius 3 is 2.52 bits per heavy atom. The summed E-state index contributed by atoms with van der Waals surface area (Å²) in [5.74, 6) is 0.540. The maximum Gasteiger partial charge on any atom is 0.243 e. The molecule has 2 aromatic carbocycles. The van der Waals surface area contributed by atoms with E-state index in [-0.39, 0.29) is 12.5 Å². The number of para-hydroxylation sites is 2. The van der Waals surface area contributed by atoms with Crippen LogP contribution in [0.5, 0.6) is 5.75 Å². The highest BCUT2D eigenvalue weighted by molar-refractivity contribution is 5.95. The molecule has 0 aliphatic carbocycles. The molecule has 4 nitrogen and oxygen atoms in total. The van der Waals surface area contributed by atoms with Crippen LogP contribution in [0, 0.1) is 13.8 Å². The van der Waals surface area contributed by atoms with E-state index in [1.807, 2.05) is 43.3 Å². The molecule has 0 unspecified atom stereocenters. The molecule has 0 aliphatic rings. The van der Waals surface area contributed by atoms with Gasteiger partial charge in [0.25, 0.3) is 0 Å². The zero-order chi connectivity index (χ0) is 15.2. The van der Waals surface area contributed by atoms with E-state index in [0.29, 0.717) is 11.4 Å². The molecule has 0 aliphatic heterocycles. The Bertz CT molecular complexity index is 638. The number of methoxy groups -OCH3 is 1. The third kappa shape index (κ3) is 3.75. The number of carbonyl (C=O) groups is 1. The average molecular weight is 284 g/mol. The van der Waals surface area contributed by atoms with Gasteiger partial charge in [-0.2, -0.15) is 0 Å². The van der Waals surface area contributed by atoms with Crippen LogP contribution in [0.2, 0.25) is 0 Å². The minimum Gasteiger partial charge on any atom is -0.495 e. The summed E-state index contributed by atoms with van der Waals surface area (Å²) in [7, 11) is 1.58. The van der Waals surface area contributed by atoms with Crippen molar-refractivity contribution in [3.05, 3.63) is 53.6 Å². The lowest BCUT2D eigenvalue weighted by molar-refractivity contribution is -0.114. The number of carbonyl (C=O) groups excluding carboxylic acids is 1. The maximum atomic E-state index is 12.0. The highest BCUT2D eigenvalue weighted by Gasteiger charge is 2.07. The number of anilines is 2. The van der Waals surface area contributed by atoms with E-state index < -0.39 is 0 Å². The maximum absolute atomic E-state index is 12.0. The van der Waals surface area contributed by atoms with Gasteiger partial charge in [0.15, 0.2) is 0 Å². The molecule has 0 aromatic heterocycles. The van der Waals surface area contributed by atoms with Gasteiger partial charge >= 0.3 is 0 Å². The zero-order valence-electron chi connectivity index (χ0n) is 12.6. The van der Waals surface area contributed by atoms with Crippen LogP contribution < -0.4 is 15.4 Å². The van der Waals surface area contributed by atoms with E-state index in [1.165, 1.54) is 5.56 Å². The Kier molecular flexibility index (Phi) is 4.82. The molecule has 2 rings (SSSR count). The molecule has 110 valence electrons. The minimum absolute atomic E-state index is 0.111. The van der Waals surface area contributed by atoms with Crippen molar-refractivity contribution in [1.29, 1.82) is 0 Å². The molecular formula is C17H20N2O2. The van der Waals surface area contributed by atoms with Crippen molar-refractivity contribution in [1.82, 2.24) is 0 Å². The molecule has 4 heteroatoms. The zero-order valence-corrected chi connectivity index (χ0v) is 12.6. The first-order chi connectivity index (χ1) is 10.1. The fourth-order valence-electron chi connectivity index (χ4n) is 2.06. The van der Waals surface area contributed by atoms with Gasteiger partial charge in [0.2, 0.25) is 5.91 Å². The SMILES string of the molecule is COc1ccccc1NC(=O)CNc1cccc(C)c1C. The molecule has 21 heavy (non-hydrogen) atoms. The number of rotatable bonds is 5. The Morgan fingerprint density at radius 2 is 1.76 bits per heavy atom. The number of hydrogen-bond acceptors (Lipinski definition) is 3. The van der Waals surface area contributed by atoms with Crippen LogP contribution in [0.1, 0.15) is 11.1 Å². The number of benzene rings is 2. The molecule has 2 N–H and O–H groups in total. The number of nitrogens with one attached hydrogen (secondary N) is 2. The van der Waals surface area contributed by atoms with E-state index in [9.17, 15) is 4.79 Å². The van der Waals surface area contributed by atoms with Crippen molar-refractivity contribution in [2.24, 2.45) is 0 Å². The summed E-state index contributed by atoms with van der Waals surface area (Å²) in [4.78, 5) is 12.0. The summed E-state index contributed by atoms with van der Waals surface area (Å²) in [6.07, 6.45) is 0. The van der Waals surface area contributed by atoms with Crippen LogP contribution in [0.25, 0.3) is 0 Å². The van der Waals surface area contributed by atoms with Crippen LogP contribution in [0.3, 0.4) is 0 Å². The molecule has 2 aromatic rings. The second-order valence-electron chi connectivity index (χ2n) is 4.85. The van der Waals surface area contributed by atoms with Crippen molar-refractivity contribution < 1.29 is 9.53 Å². The number of aryl methyl sites for hydroxylation is 1. The summed E-state index contributed by atoms with van der Waals surface area (Å²) in [6.45, 7) is 4.30. The van der Waals surface area contributed by atoms with E-state index in [1.54, 1.807) is 7.11 Å². The van der Waals surface area contributed by atoms with Crippen molar-refractivity contribution in [2.45, 2.75) is 13.8 Å². The van der Waals surface area contributed by atoms with Gasteiger partial charge in [-0.15, -0.1) is 0 Å². The Hall–Kier alpha value is -2.49. The quantitative estimate of drug-likeness (QED) is 0.885. The fraction of sp³-hybridized carbons (Fsp3) is 0.235. The first-order valence-corrected chi connectivity index (χ1v) is 6.84. The van der Waals surface area contributed by atoms with Crippen LogP contribution in [-0.4, -0.2) is 19.6 Å². The normalized spacial score (nSPS) is 10.0. The monoisotopic (exact) mass is 284 g/mol. The van der Waals surface area contributed by atoms with Crippen molar-refractivity contribution in [3.63, 3.8) is 0 Å². The largest absolute Gasteiger partial charge is 0.495 e. The summed E-state index contributed by atoms with van der Waals surface area (Å²) in [5, 5.41) is 6.00. The van der Waals surface area contributed by atoms with Gasteiger partial charge in [-0.1, -0.05) is 24.3 Å². The van der Waals surface area contributed by atoms with Crippen LogP contribution in [0.4, 0.5) is 11.4 Å². The molecule has 0 radical (unpaired) electrons. The van der Waals surface area contributed by atoms with E-state index in [2.05, 4.69) is 23.6 Å². The van der Waals surface area contributed by atoms with Crippen molar-refractivity contribution >= 4 is 17.3 Å². The van der Waals surface area contributed by atoms with E-state index >= 15 is 0 Å². The summed E-state index contributed by atoms with van der Waals surface area (Å²) < 4.78 is 5.21. The summed E-state index contributed by atoms with van der Waals surface area (Å²) >= 11 is 0. The fourth-order valence-corrected chi connectivity index (χ4v) is 2.06. The first-order valence-electron chi connectivity index (χ1n) is 6.84. The van der Waals surface area contributed by atoms with E-state index in [4.69, 9.17) is 4.74 Å². The molecule has 0 atom stereocenters. The van der Waals surface area contributed by atoms with Crippen LogP contribution in [0.15, 0.2) is 42.5 Å². The highest BCUT2D eigenvalue weighted by atomic mass is 16.5. The molecule has 0 heterocycles. The number of ether oxygens (including phenoxy) is 1. The van der Waals surface area contributed by atoms with Crippen LogP contribution >= 0.6 is 0 Å². The molecule has 0 spiro atoms. The Labute approximate surface area is 125 Å². The lowest BCUT2D eigenvalue weighted by Crippen LogP contribution is -2.22. The predicted octanol–water partition coefficient (Wildman–Crippen LogP) is 3.36. The molecule has 1 amide bonds. The molecular weight excluding hydrogens is 264 g/mol. The van der Waals surface area contributed by atoms with Gasteiger partial charge < -0.3 is 15.4 Å². The number of hydrogen-bond donors (Lipinski definition) is 2. The molecule has 0 saturated heterocycles. The highest BCUT2D eigenvalue weighted by Crippen LogP contribution is 2.23. The molecule has 0 bridgehead atoms. The smallest absolute Gasteiger partial charge is 0.243 e. The van der Waals surface area contributed by atoms with Crippen molar-refractivity contribution in [2.75, 3.05) is 24.3 Å². The summed E-state index contributed by atoms with van der Waals surface area (Å²) in [6, 6.07) is 13.3. The van der Waals surface area contributed by atoms with Gasteiger partial charge in [-0.3, -0.25) is 4.79 Å². The lowest BCUT2D eigenvalue weighted by Gasteiger charge is -2.13.